The Labute approximate surface area is 181 Å². The normalized spacial score (nSPS) is 38.4. The van der Waals surface area contributed by atoms with Crippen LogP contribution in [-0.2, 0) is 4.74 Å². The average molecular weight is 402 g/mol. The zero-order valence-electron chi connectivity index (χ0n) is 19.5. The van der Waals surface area contributed by atoms with Crippen LogP contribution in [0.2, 0.25) is 0 Å². The molecule has 166 valence electrons. The van der Waals surface area contributed by atoms with Crippen LogP contribution < -0.4 is 0 Å². The summed E-state index contributed by atoms with van der Waals surface area (Å²) in [5.74, 6) is 3.53. The standard InChI is InChI=1S/C27H47NO/c1-3-4-5-6-7-8-22-9-11-23(12-10-22)24-17-19-27(21-28,20-18-24)25-13-15-26(29-2)16-14-25/h22-26H,3-20H2,1-2H3/t22?,23?,24-,25?,26?,27-. The number of methoxy groups -OCH3 is 1. The molecule has 29 heavy (non-hydrogen) atoms. The second kappa shape index (κ2) is 11.7. The SMILES string of the molecule is CCCCCCCC1CCC([C@H]2CC[C@](C#N)(C3CCC(OC)CC3)CC2)CC1. The van der Waals surface area contributed by atoms with Crippen molar-refractivity contribution in [1.29, 1.82) is 5.26 Å². The fraction of sp³-hybridized carbons (Fsp3) is 0.963. The molecule has 2 heteroatoms. The summed E-state index contributed by atoms with van der Waals surface area (Å²) in [7, 11) is 1.84. The Morgan fingerprint density at radius 2 is 1.41 bits per heavy atom. The number of nitrogens with zero attached hydrogens (tertiary/aromatic N) is 1. The van der Waals surface area contributed by atoms with Crippen LogP contribution in [0.5, 0.6) is 0 Å². The van der Waals surface area contributed by atoms with Crippen molar-refractivity contribution in [2.45, 2.75) is 129 Å². The second-order valence-corrected chi connectivity index (χ2v) is 10.8. The molecule has 0 spiro atoms. The van der Waals surface area contributed by atoms with E-state index < -0.39 is 0 Å². The minimum atomic E-state index is -0.00903. The molecule has 0 atom stereocenters. The van der Waals surface area contributed by atoms with Gasteiger partial charge in [0.2, 0.25) is 0 Å². The third kappa shape index (κ3) is 6.22. The number of rotatable bonds is 9. The van der Waals surface area contributed by atoms with Gasteiger partial charge in [-0.05, 0) is 87.9 Å². The Morgan fingerprint density at radius 3 is 2.00 bits per heavy atom. The van der Waals surface area contributed by atoms with Crippen LogP contribution in [-0.4, -0.2) is 13.2 Å². The van der Waals surface area contributed by atoms with Gasteiger partial charge >= 0.3 is 0 Å². The van der Waals surface area contributed by atoms with Gasteiger partial charge in [-0.3, -0.25) is 0 Å². The van der Waals surface area contributed by atoms with Crippen molar-refractivity contribution < 1.29 is 4.74 Å². The van der Waals surface area contributed by atoms with Crippen molar-refractivity contribution >= 4 is 0 Å². The minimum Gasteiger partial charge on any atom is -0.381 e. The average Bonchev–Trinajstić information content (AvgIpc) is 2.79. The molecule has 3 fully saturated rings. The Hall–Kier alpha value is -0.550. The van der Waals surface area contributed by atoms with E-state index in [1.54, 1.807) is 0 Å². The van der Waals surface area contributed by atoms with Gasteiger partial charge in [-0.1, -0.05) is 58.3 Å². The monoisotopic (exact) mass is 401 g/mol. The summed E-state index contributed by atoms with van der Waals surface area (Å²) in [6.07, 6.45) is 24.7. The molecule has 0 aromatic carbocycles. The van der Waals surface area contributed by atoms with Gasteiger partial charge in [-0.25, -0.2) is 0 Å². The lowest BCUT2D eigenvalue weighted by atomic mass is 9.58. The van der Waals surface area contributed by atoms with Crippen molar-refractivity contribution in [3.63, 3.8) is 0 Å². The topological polar surface area (TPSA) is 33.0 Å². The zero-order chi connectivity index (χ0) is 20.5. The van der Waals surface area contributed by atoms with Gasteiger partial charge in [-0.15, -0.1) is 0 Å². The third-order valence-corrected chi connectivity index (χ3v) is 9.21. The fourth-order valence-corrected chi connectivity index (χ4v) is 7.07. The lowest BCUT2D eigenvalue weighted by molar-refractivity contribution is 0.0155. The number of nitriles is 1. The maximum atomic E-state index is 10.1. The number of hydrogen-bond acceptors (Lipinski definition) is 2. The molecule has 3 aliphatic rings. The van der Waals surface area contributed by atoms with Gasteiger partial charge < -0.3 is 4.74 Å². The quantitative estimate of drug-likeness (QED) is 0.366. The molecule has 0 aliphatic heterocycles. The summed E-state index contributed by atoms with van der Waals surface area (Å²) in [5.41, 5.74) is -0.00903. The maximum absolute atomic E-state index is 10.1. The third-order valence-electron chi connectivity index (χ3n) is 9.21. The summed E-state index contributed by atoms with van der Waals surface area (Å²) in [5, 5.41) is 10.1. The van der Waals surface area contributed by atoms with Gasteiger partial charge in [-0.2, -0.15) is 5.26 Å². The van der Waals surface area contributed by atoms with Crippen molar-refractivity contribution in [2.24, 2.45) is 29.1 Å². The Kier molecular flexibility index (Phi) is 9.36. The lowest BCUT2D eigenvalue weighted by Gasteiger charge is -2.45. The van der Waals surface area contributed by atoms with Gasteiger partial charge in [0.05, 0.1) is 17.6 Å². The zero-order valence-corrected chi connectivity index (χ0v) is 19.5. The fourth-order valence-electron chi connectivity index (χ4n) is 7.07. The van der Waals surface area contributed by atoms with E-state index >= 15 is 0 Å². The van der Waals surface area contributed by atoms with E-state index in [0.29, 0.717) is 12.0 Å². The first-order chi connectivity index (χ1) is 14.2. The Morgan fingerprint density at radius 1 is 0.793 bits per heavy atom. The van der Waals surface area contributed by atoms with E-state index in [0.717, 1.165) is 30.6 Å². The van der Waals surface area contributed by atoms with E-state index in [-0.39, 0.29) is 5.41 Å². The molecule has 3 rings (SSSR count). The van der Waals surface area contributed by atoms with Crippen LogP contribution in [0.4, 0.5) is 0 Å². The molecule has 0 radical (unpaired) electrons. The highest BCUT2D eigenvalue weighted by Crippen LogP contribution is 2.52. The smallest absolute Gasteiger partial charge is 0.0692 e. The maximum Gasteiger partial charge on any atom is 0.0692 e. The molecule has 0 saturated heterocycles. The summed E-state index contributed by atoms with van der Waals surface area (Å²) in [6.45, 7) is 2.30. The number of unbranched alkanes of at least 4 members (excludes halogenated alkanes) is 4. The van der Waals surface area contributed by atoms with Crippen LogP contribution in [0.3, 0.4) is 0 Å². The molecule has 3 aliphatic carbocycles. The molecule has 2 nitrogen and oxygen atoms in total. The summed E-state index contributed by atoms with van der Waals surface area (Å²) >= 11 is 0. The molecule has 0 N–H and O–H groups in total. The Bertz CT molecular complexity index is 485. The van der Waals surface area contributed by atoms with E-state index in [9.17, 15) is 5.26 Å². The predicted molar refractivity (Wildman–Crippen MR) is 122 cm³/mol. The lowest BCUT2D eigenvalue weighted by Crippen LogP contribution is -2.38. The Balaban J connectivity index is 1.38. The molecule has 0 heterocycles. The van der Waals surface area contributed by atoms with Crippen LogP contribution in [0, 0.1) is 40.4 Å². The molecule has 0 amide bonds. The summed E-state index contributed by atoms with van der Waals surface area (Å²) in [4.78, 5) is 0. The molecular formula is C27H47NO. The summed E-state index contributed by atoms with van der Waals surface area (Å²) in [6, 6.07) is 2.85. The number of ether oxygens (including phenoxy) is 1. The van der Waals surface area contributed by atoms with Crippen LogP contribution in [0.15, 0.2) is 0 Å². The first-order valence-electron chi connectivity index (χ1n) is 13.1. The molecule has 0 aromatic rings. The molecule has 0 bridgehead atoms. The van der Waals surface area contributed by atoms with Crippen molar-refractivity contribution in [3.8, 4) is 6.07 Å². The first-order valence-corrected chi connectivity index (χ1v) is 13.1. The molecule has 0 aromatic heterocycles. The summed E-state index contributed by atoms with van der Waals surface area (Å²) < 4.78 is 5.56. The minimum absolute atomic E-state index is 0.00903. The largest absolute Gasteiger partial charge is 0.381 e. The van der Waals surface area contributed by atoms with E-state index in [1.807, 2.05) is 7.11 Å². The molecule has 0 unspecified atom stereocenters. The van der Waals surface area contributed by atoms with Crippen molar-refractivity contribution in [2.75, 3.05) is 7.11 Å². The highest BCUT2D eigenvalue weighted by molar-refractivity contribution is 5.06. The van der Waals surface area contributed by atoms with Crippen molar-refractivity contribution in [1.82, 2.24) is 0 Å². The molecular weight excluding hydrogens is 354 g/mol. The van der Waals surface area contributed by atoms with E-state index in [1.165, 1.54) is 103 Å². The van der Waals surface area contributed by atoms with Crippen molar-refractivity contribution in [3.05, 3.63) is 0 Å². The van der Waals surface area contributed by atoms with Gasteiger partial charge in [0.15, 0.2) is 0 Å². The van der Waals surface area contributed by atoms with Gasteiger partial charge in [0, 0.05) is 7.11 Å². The van der Waals surface area contributed by atoms with E-state index in [4.69, 9.17) is 4.74 Å². The van der Waals surface area contributed by atoms with E-state index in [2.05, 4.69) is 13.0 Å². The van der Waals surface area contributed by atoms with Gasteiger partial charge in [0.1, 0.15) is 0 Å². The second-order valence-electron chi connectivity index (χ2n) is 10.8. The predicted octanol–water partition coefficient (Wildman–Crippen LogP) is 8.06. The number of hydrogen-bond donors (Lipinski definition) is 0. The van der Waals surface area contributed by atoms with Gasteiger partial charge in [0.25, 0.3) is 0 Å². The van der Waals surface area contributed by atoms with Crippen LogP contribution in [0.25, 0.3) is 0 Å². The highest BCUT2D eigenvalue weighted by Gasteiger charge is 2.44. The van der Waals surface area contributed by atoms with Crippen LogP contribution >= 0.6 is 0 Å². The first kappa shape index (κ1) is 23.1. The highest BCUT2D eigenvalue weighted by atomic mass is 16.5. The molecule has 3 saturated carbocycles. The van der Waals surface area contributed by atoms with Crippen LogP contribution in [0.1, 0.15) is 122 Å².